The lowest BCUT2D eigenvalue weighted by atomic mass is 10.2. The van der Waals surface area contributed by atoms with E-state index in [1.165, 1.54) is 11.6 Å². The molecule has 0 spiro atoms. The highest BCUT2D eigenvalue weighted by atomic mass is 16.5. The van der Waals surface area contributed by atoms with E-state index in [1.807, 2.05) is 54.6 Å². The molecule has 0 radical (unpaired) electrons. The molecule has 0 heterocycles. The van der Waals surface area contributed by atoms with Crippen LogP contribution in [0.15, 0.2) is 60.7 Å². The van der Waals surface area contributed by atoms with Gasteiger partial charge in [-0.3, -0.25) is 20.4 Å². The van der Waals surface area contributed by atoms with Crippen molar-refractivity contribution in [1.82, 2.24) is 10.9 Å². The minimum Gasteiger partial charge on any atom is -0.484 e. The van der Waals surface area contributed by atoms with Crippen molar-refractivity contribution < 1.29 is 14.3 Å². The zero-order valence-electron chi connectivity index (χ0n) is 13.5. The van der Waals surface area contributed by atoms with Crippen molar-refractivity contribution in [2.24, 2.45) is 0 Å². The Morgan fingerprint density at radius 2 is 1.71 bits per heavy atom. The Kier molecular flexibility index (Phi) is 6.58. The molecule has 0 atom stereocenters. The average molecular weight is 324 g/mol. The fourth-order valence-electron chi connectivity index (χ4n) is 1.92. The Labute approximate surface area is 141 Å². The third kappa shape index (κ3) is 5.96. The largest absolute Gasteiger partial charge is 0.484 e. The molecule has 0 saturated heterocycles. The Bertz CT molecular complexity index is 694. The van der Waals surface area contributed by atoms with Gasteiger partial charge in [-0.1, -0.05) is 49.4 Å². The Hall–Kier alpha value is -3.08. The number of benzene rings is 2. The molecule has 2 aromatic carbocycles. The molecule has 0 aliphatic carbocycles. The van der Waals surface area contributed by atoms with E-state index < -0.39 is 11.8 Å². The lowest BCUT2D eigenvalue weighted by Crippen LogP contribution is -2.43. The number of hydrogen-bond acceptors (Lipinski definition) is 3. The predicted octanol–water partition coefficient (Wildman–Crippen LogP) is 2.49. The monoisotopic (exact) mass is 324 g/mol. The summed E-state index contributed by atoms with van der Waals surface area (Å²) in [6, 6.07) is 16.9. The number of hydrazine groups is 1. The zero-order valence-corrected chi connectivity index (χ0v) is 13.5. The molecule has 5 nitrogen and oxygen atoms in total. The molecule has 5 heteroatoms. The van der Waals surface area contributed by atoms with E-state index in [-0.39, 0.29) is 6.61 Å². The van der Waals surface area contributed by atoms with E-state index in [2.05, 4.69) is 17.8 Å². The standard InChI is InChI=1S/C19H20N2O3/c1-2-15-8-11-17(12-9-15)24-14-19(23)21-20-18(22)13-10-16-6-4-3-5-7-16/h3-13H,2,14H2,1H3,(H,20,22)(H,21,23). The number of nitrogens with one attached hydrogen (secondary N) is 2. The lowest BCUT2D eigenvalue weighted by molar-refractivity contribution is -0.128. The van der Waals surface area contributed by atoms with E-state index in [1.54, 1.807) is 6.08 Å². The third-order valence-electron chi connectivity index (χ3n) is 3.25. The zero-order chi connectivity index (χ0) is 17.2. The van der Waals surface area contributed by atoms with Gasteiger partial charge < -0.3 is 4.74 Å². The fraction of sp³-hybridized carbons (Fsp3) is 0.158. The number of amides is 2. The Morgan fingerprint density at radius 3 is 2.38 bits per heavy atom. The normalized spacial score (nSPS) is 10.4. The van der Waals surface area contributed by atoms with E-state index in [4.69, 9.17) is 4.74 Å². The molecular formula is C19H20N2O3. The molecule has 124 valence electrons. The summed E-state index contributed by atoms with van der Waals surface area (Å²) in [5.74, 6) is -0.242. The van der Waals surface area contributed by atoms with E-state index in [0.717, 1.165) is 12.0 Å². The van der Waals surface area contributed by atoms with Crippen LogP contribution in [0.2, 0.25) is 0 Å². The second-order valence-electron chi connectivity index (χ2n) is 5.07. The van der Waals surface area contributed by atoms with Gasteiger partial charge in [0.05, 0.1) is 0 Å². The first-order valence-electron chi connectivity index (χ1n) is 7.71. The van der Waals surface area contributed by atoms with Crippen molar-refractivity contribution in [3.05, 3.63) is 71.8 Å². The van der Waals surface area contributed by atoms with Gasteiger partial charge in [-0.25, -0.2) is 0 Å². The van der Waals surface area contributed by atoms with E-state index >= 15 is 0 Å². The molecule has 0 aromatic heterocycles. The predicted molar refractivity (Wildman–Crippen MR) is 93.1 cm³/mol. The van der Waals surface area contributed by atoms with Crippen molar-refractivity contribution >= 4 is 17.9 Å². The summed E-state index contributed by atoms with van der Waals surface area (Å²) in [6.07, 6.45) is 3.95. The maximum absolute atomic E-state index is 11.6. The number of ether oxygens (including phenoxy) is 1. The summed E-state index contributed by atoms with van der Waals surface area (Å²) in [7, 11) is 0. The van der Waals surface area contributed by atoms with Gasteiger partial charge in [-0.05, 0) is 35.8 Å². The number of carbonyl (C=O) groups excluding carboxylic acids is 2. The molecule has 0 unspecified atom stereocenters. The summed E-state index contributed by atoms with van der Waals surface area (Å²) >= 11 is 0. The van der Waals surface area contributed by atoms with Crippen molar-refractivity contribution in [3.8, 4) is 5.75 Å². The average Bonchev–Trinajstić information content (AvgIpc) is 2.64. The molecule has 2 rings (SSSR count). The highest BCUT2D eigenvalue weighted by Gasteiger charge is 2.03. The van der Waals surface area contributed by atoms with Crippen LogP contribution < -0.4 is 15.6 Å². The number of rotatable bonds is 6. The van der Waals surface area contributed by atoms with Crippen LogP contribution in [0.3, 0.4) is 0 Å². The second kappa shape index (κ2) is 9.15. The van der Waals surface area contributed by atoms with Crippen LogP contribution >= 0.6 is 0 Å². The number of carbonyl (C=O) groups is 2. The van der Waals surface area contributed by atoms with Crippen molar-refractivity contribution in [2.75, 3.05) is 6.61 Å². The molecule has 0 aliphatic heterocycles. The first-order valence-corrected chi connectivity index (χ1v) is 7.71. The second-order valence-corrected chi connectivity index (χ2v) is 5.07. The van der Waals surface area contributed by atoms with Gasteiger partial charge in [0.2, 0.25) is 0 Å². The molecular weight excluding hydrogens is 304 g/mol. The Balaban J connectivity index is 1.70. The Morgan fingerprint density at radius 1 is 1.00 bits per heavy atom. The van der Waals surface area contributed by atoms with Crippen LogP contribution in [0.25, 0.3) is 6.08 Å². The summed E-state index contributed by atoms with van der Waals surface area (Å²) in [6.45, 7) is 1.90. The van der Waals surface area contributed by atoms with E-state index in [0.29, 0.717) is 5.75 Å². The van der Waals surface area contributed by atoms with Crippen LogP contribution in [-0.2, 0) is 16.0 Å². The van der Waals surface area contributed by atoms with Crippen LogP contribution in [0.5, 0.6) is 5.75 Å². The molecule has 0 fully saturated rings. The van der Waals surface area contributed by atoms with Gasteiger partial charge >= 0.3 is 0 Å². The summed E-state index contributed by atoms with van der Waals surface area (Å²) in [5, 5.41) is 0. The molecule has 2 N–H and O–H groups in total. The summed E-state index contributed by atoms with van der Waals surface area (Å²) in [5.41, 5.74) is 6.70. The fourth-order valence-corrected chi connectivity index (χ4v) is 1.92. The molecule has 24 heavy (non-hydrogen) atoms. The van der Waals surface area contributed by atoms with Crippen LogP contribution in [0, 0.1) is 0 Å². The first-order chi connectivity index (χ1) is 11.7. The van der Waals surface area contributed by atoms with Gasteiger partial charge in [0, 0.05) is 6.08 Å². The summed E-state index contributed by atoms with van der Waals surface area (Å²) in [4.78, 5) is 23.3. The van der Waals surface area contributed by atoms with Crippen LogP contribution in [0.4, 0.5) is 0 Å². The maximum Gasteiger partial charge on any atom is 0.276 e. The quantitative estimate of drug-likeness (QED) is 0.634. The van der Waals surface area contributed by atoms with Gasteiger partial charge in [-0.15, -0.1) is 0 Å². The molecule has 2 amide bonds. The molecule has 2 aromatic rings. The minimum absolute atomic E-state index is 0.172. The van der Waals surface area contributed by atoms with Crippen molar-refractivity contribution in [1.29, 1.82) is 0 Å². The molecule has 0 saturated carbocycles. The van der Waals surface area contributed by atoms with Gasteiger partial charge in [-0.2, -0.15) is 0 Å². The highest BCUT2D eigenvalue weighted by Crippen LogP contribution is 2.12. The highest BCUT2D eigenvalue weighted by molar-refractivity contribution is 5.93. The van der Waals surface area contributed by atoms with E-state index in [9.17, 15) is 9.59 Å². The third-order valence-corrected chi connectivity index (χ3v) is 3.25. The topological polar surface area (TPSA) is 67.4 Å². The van der Waals surface area contributed by atoms with Gasteiger partial charge in [0.25, 0.3) is 11.8 Å². The lowest BCUT2D eigenvalue weighted by Gasteiger charge is -2.08. The van der Waals surface area contributed by atoms with Crippen molar-refractivity contribution in [3.63, 3.8) is 0 Å². The number of hydrogen-bond donors (Lipinski definition) is 2. The number of aryl methyl sites for hydroxylation is 1. The van der Waals surface area contributed by atoms with Gasteiger partial charge in [0.15, 0.2) is 6.61 Å². The van der Waals surface area contributed by atoms with Crippen LogP contribution in [0.1, 0.15) is 18.1 Å². The maximum atomic E-state index is 11.6. The molecule has 0 aliphatic rings. The summed E-state index contributed by atoms with van der Waals surface area (Å²) < 4.78 is 5.35. The van der Waals surface area contributed by atoms with Gasteiger partial charge in [0.1, 0.15) is 5.75 Å². The SMILES string of the molecule is CCc1ccc(OCC(=O)NNC(=O)C=Cc2ccccc2)cc1. The molecule has 0 bridgehead atoms. The van der Waals surface area contributed by atoms with Crippen LogP contribution in [-0.4, -0.2) is 18.4 Å². The smallest absolute Gasteiger partial charge is 0.276 e. The first kappa shape index (κ1) is 17.3. The minimum atomic E-state index is -0.434. The van der Waals surface area contributed by atoms with Crippen molar-refractivity contribution in [2.45, 2.75) is 13.3 Å².